The summed E-state index contributed by atoms with van der Waals surface area (Å²) >= 11 is 0. The van der Waals surface area contributed by atoms with Crippen LogP contribution in [0.5, 0.6) is 5.75 Å². The highest BCUT2D eigenvalue weighted by Gasteiger charge is 2.21. The lowest BCUT2D eigenvalue weighted by Crippen LogP contribution is -2.40. The molecule has 0 saturated carbocycles. The lowest BCUT2D eigenvalue weighted by molar-refractivity contribution is -0.159. The molecule has 1 heterocycles. The molecule has 27 heavy (non-hydrogen) atoms. The normalized spacial score (nSPS) is 19.5. The van der Waals surface area contributed by atoms with Gasteiger partial charge >= 0.3 is 11.9 Å². The summed E-state index contributed by atoms with van der Waals surface area (Å²) in [6, 6.07) is 6.34. The van der Waals surface area contributed by atoms with Crippen LogP contribution in [0.25, 0.3) is 0 Å². The highest BCUT2D eigenvalue weighted by molar-refractivity contribution is 6.27. The van der Waals surface area contributed by atoms with Gasteiger partial charge in [-0.2, -0.15) is 0 Å². The largest absolute Gasteiger partial charge is 0.492 e. The maximum atomic E-state index is 9.10. The van der Waals surface area contributed by atoms with Crippen molar-refractivity contribution >= 4 is 11.9 Å². The first kappa shape index (κ1) is 22.7. The van der Waals surface area contributed by atoms with Gasteiger partial charge in [-0.05, 0) is 42.7 Å². The van der Waals surface area contributed by atoms with Crippen LogP contribution in [0.3, 0.4) is 0 Å². The number of carboxylic acid groups (broad SMARTS) is 2. The first-order valence-corrected chi connectivity index (χ1v) is 9.25. The zero-order chi connectivity index (χ0) is 20.4. The molecule has 2 rings (SSSR count). The number of ether oxygens (including phenoxy) is 1. The molecule has 6 heteroatoms. The van der Waals surface area contributed by atoms with Crippen LogP contribution in [-0.2, 0) is 16.0 Å². The molecule has 2 atom stereocenters. The molecule has 0 aliphatic carbocycles. The second-order valence-electron chi connectivity index (χ2n) is 7.22. The average Bonchev–Trinajstić information content (AvgIpc) is 2.57. The minimum absolute atomic E-state index is 0.772. The Morgan fingerprint density at radius 1 is 1.22 bits per heavy atom. The molecule has 1 fully saturated rings. The molecule has 1 aromatic rings. The number of para-hydroxylation sites is 1. The van der Waals surface area contributed by atoms with Crippen LogP contribution in [0.1, 0.15) is 31.4 Å². The van der Waals surface area contributed by atoms with E-state index >= 15 is 0 Å². The van der Waals surface area contributed by atoms with E-state index in [1.807, 2.05) is 6.08 Å². The third-order valence-electron chi connectivity index (χ3n) is 4.44. The van der Waals surface area contributed by atoms with E-state index in [0.717, 1.165) is 37.2 Å². The highest BCUT2D eigenvalue weighted by Crippen LogP contribution is 2.25. The number of hydrogen-bond acceptors (Lipinski definition) is 4. The van der Waals surface area contributed by atoms with Gasteiger partial charge in [-0.1, -0.05) is 38.1 Å². The SMILES string of the molecule is C=CCc1cccc(C)c1OCCN1CC(C)CC(C)C1.O=C(O)C(=O)O. The molecule has 1 aliphatic heterocycles. The van der Waals surface area contributed by atoms with Crippen LogP contribution in [0.4, 0.5) is 0 Å². The molecule has 0 spiro atoms. The molecule has 1 aliphatic rings. The van der Waals surface area contributed by atoms with E-state index < -0.39 is 11.9 Å². The Kier molecular flexibility index (Phi) is 9.58. The van der Waals surface area contributed by atoms with Crippen molar-refractivity contribution in [3.63, 3.8) is 0 Å². The molecule has 6 nitrogen and oxygen atoms in total. The zero-order valence-corrected chi connectivity index (χ0v) is 16.5. The number of carbonyl (C=O) groups is 2. The van der Waals surface area contributed by atoms with Crippen LogP contribution in [0, 0.1) is 18.8 Å². The van der Waals surface area contributed by atoms with Crippen molar-refractivity contribution < 1.29 is 24.5 Å². The van der Waals surface area contributed by atoms with Gasteiger partial charge in [-0.3, -0.25) is 4.90 Å². The highest BCUT2D eigenvalue weighted by atomic mass is 16.5. The predicted molar refractivity (Wildman–Crippen MR) is 105 cm³/mol. The topological polar surface area (TPSA) is 87.1 Å². The van der Waals surface area contributed by atoms with Gasteiger partial charge in [0.05, 0.1) is 0 Å². The van der Waals surface area contributed by atoms with Crippen molar-refractivity contribution in [2.24, 2.45) is 11.8 Å². The fraction of sp³-hybridized carbons (Fsp3) is 0.524. The van der Waals surface area contributed by atoms with E-state index in [0.29, 0.717) is 0 Å². The van der Waals surface area contributed by atoms with E-state index in [1.54, 1.807) is 0 Å². The summed E-state index contributed by atoms with van der Waals surface area (Å²) in [7, 11) is 0. The van der Waals surface area contributed by atoms with Crippen LogP contribution in [0.2, 0.25) is 0 Å². The van der Waals surface area contributed by atoms with Crippen LogP contribution < -0.4 is 4.74 Å². The van der Waals surface area contributed by atoms with E-state index in [1.165, 1.54) is 30.6 Å². The molecule has 1 aromatic carbocycles. The molecule has 1 saturated heterocycles. The number of aliphatic carboxylic acids is 2. The van der Waals surface area contributed by atoms with Crippen LogP contribution in [0.15, 0.2) is 30.9 Å². The van der Waals surface area contributed by atoms with Gasteiger partial charge in [-0.25, -0.2) is 9.59 Å². The average molecular weight is 377 g/mol. The van der Waals surface area contributed by atoms with Crippen molar-refractivity contribution in [1.29, 1.82) is 0 Å². The molecule has 0 amide bonds. The lowest BCUT2D eigenvalue weighted by Gasteiger charge is -2.34. The summed E-state index contributed by atoms with van der Waals surface area (Å²) in [5, 5.41) is 14.8. The van der Waals surface area contributed by atoms with Gasteiger partial charge in [0.25, 0.3) is 0 Å². The van der Waals surface area contributed by atoms with Crippen molar-refractivity contribution in [3.05, 3.63) is 42.0 Å². The monoisotopic (exact) mass is 377 g/mol. The summed E-state index contributed by atoms with van der Waals surface area (Å²) in [4.78, 5) is 20.7. The summed E-state index contributed by atoms with van der Waals surface area (Å²) in [6.45, 7) is 14.9. The molecular weight excluding hydrogens is 346 g/mol. The Labute approximate surface area is 161 Å². The second-order valence-corrected chi connectivity index (χ2v) is 7.22. The number of carboxylic acids is 2. The van der Waals surface area contributed by atoms with Gasteiger partial charge < -0.3 is 14.9 Å². The fourth-order valence-corrected chi connectivity index (χ4v) is 3.49. The Balaban J connectivity index is 0.000000527. The molecule has 2 unspecified atom stereocenters. The Hall–Kier alpha value is -2.34. The molecule has 150 valence electrons. The molecule has 0 bridgehead atoms. The number of aryl methyl sites for hydroxylation is 1. The third kappa shape index (κ3) is 8.26. The van der Waals surface area contributed by atoms with E-state index in [9.17, 15) is 0 Å². The minimum atomic E-state index is -1.82. The minimum Gasteiger partial charge on any atom is -0.492 e. The lowest BCUT2D eigenvalue weighted by atomic mass is 9.92. The first-order chi connectivity index (χ1) is 12.7. The third-order valence-corrected chi connectivity index (χ3v) is 4.44. The van der Waals surface area contributed by atoms with Gasteiger partial charge in [0, 0.05) is 19.6 Å². The number of nitrogens with zero attached hydrogens (tertiary/aromatic N) is 1. The molecular formula is C21H31NO5. The van der Waals surface area contributed by atoms with Crippen LogP contribution in [-0.4, -0.2) is 53.3 Å². The number of hydrogen-bond donors (Lipinski definition) is 2. The standard InChI is InChI=1S/C19H29NO.C2H2O4/c1-5-7-18-9-6-8-17(4)19(18)21-11-10-20-13-15(2)12-16(3)14-20;3-1(4)2(5)6/h5-6,8-9,15-16H,1,7,10-14H2,2-4H3;(H,3,4)(H,5,6). The molecule has 2 N–H and O–H groups in total. The van der Waals surface area contributed by atoms with Crippen molar-refractivity contribution in [2.45, 2.75) is 33.6 Å². The predicted octanol–water partition coefficient (Wildman–Crippen LogP) is 3.24. The number of piperidine rings is 1. The quantitative estimate of drug-likeness (QED) is 0.585. The fourth-order valence-electron chi connectivity index (χ4n) is 3.49. The summed E-state index contributed by atoms with van der Waals surface area (Å²) in [5.74, 6) is -0.979. The van der Waals surface area contributed by atoms with Gasteiger partial charge in [0.1, 0.15) is 12.4 Å². The summed E-state index contributed by atoms with van der Waals surface area (Å²) < 4.78 is 6.10. The van der Waals surface area contributed by atoms with E-state index in [4.69, 9.17) is 24.5 Å². The number of likely N-dealkylation sites (tertiary alicyclic amines) is 1. The van der Waals surface area contributed by atoms with Gasteiger partial charge in [0.2, 0.25) is 0 Å². The first-order valence-electron chi connectivity index (χ1n) is 9.25. The maximum absolute atomic E-state index is 9.10. The number of allylic oxidation sites excluding steroid dienone is 1. The van der Waals surface area contributed by atoms with Gasteiger partial charge in [-0.15, -0.1) is 6.58 Å². The van der Waals surface area contributed by atoms with E-state index in [2.05, 4.69) is 50.4 Å². The summed E-state index contributed by atoms with van der Waals surface area (Å²) in [5.41, 5.74) is 2.46. The van der Waals surface area contributed by atoms with E-state index in [-0.39, 0.29) is 0 Å². The van der Waals surface area contributed by atoms with Crippen molar-refractivity contribution in [2.75, 3.05) is 26.2 Å². The zero-order valence-electron chi connectivity index (χ0n) is 16.5. The Morgan fingerprint density at radius 3 is 2.33 bits per heavy atom. The van der Waals surface area contributed by atoms with Crippen LogP contribution >= 0.6 is 0 Å². The number of benzene rings is 1. The smallest absolute Gasteiger partial charge is 0.414 e. The second kappa shape index (κ2) is 11.4. The Bertz CT molecular complexity index is 621. The summed E-state index contributed by atoms with van der Waals surface area (Å²) in [6.07, 6.45) is 4.17. The number of rotatable bonds is 6. The molecule has 0 radical (unpaired) electrons. The maximum Gasteiger partial charge on any atom is 0.414 e. The van der Waals surface area contributed by atoms with Crippen molar-refractivity contribution in [1.82, 2.24) is 4.90 Å². The molecule has 0 aromatic heterocycles. The van der Waals surface area contributed by atoms with Crippen molar-refractivity contribution in [3.8, 4) is 5.75 Å². The van der Waals surface area contributed by atoms with Gasteiger partial charge in [0.15, 0.2) is 0 Å². The Morgan fingerprint density at radius 2 is 1.81 bits per heavy atom.